The largest absolute Gasteiger partial charge is 0.355 e. The van der Waals surface area contributed by atoms with E-state index in [0.29, 0.717) is 35.3 Å². The second-order valence-electron chi connectivity index (χ2n) is 10.7. The molecule has 2 aromatic rings. The molecule has 0 bridgehead atoms. The van der Waals surface area contributed by atoms with Crippen molar-refractivity contribution in [3.05, 3.63) is 45.9 Å². The first kappa shape index (κ1) is 27.0. The van der Waals surface area contributed by atoms with Crippen molar-refractivity contribution in [2.24, 2.45) is 5.92 Å². The van der Waals surface area contributed by atoms with Gasteiger partial charge in [-0.1, -0.05) is 18.5 Å². The number of likely N-dealkylation sites (N-methyl/N-ethyl adjacent to an activating group) is 1. The van der Waals surface area contributed by atoms with E-state index in [1.54, 1.807) is 6.08 Å². The van der Waals surface area contributed by atoms with Crippen LogP contribution >= 0.6 is 11.6 Å². The lowest BCUT2D eigenvalue weighted by atomic mass is 9.91. The summed E-state index contributed by atoms with van der Waals surface area (Å²) in [6, 6.07) is 4.26. The van der Waals surface area contributed by atoms with Gasteiger partial charge in [-0.05, 0) is 52.2 Å². The maximum atomic E-state index is 14.0. The highest BCUT2D eigenvalue weighted by atomic mass is 35.5. The molecule has 2 N–H and O–H groups in total. The number of nitrogens with one attached hydrogen (secondary N) is 2. The maximum Gasteiger partial charge on any atom is 0.256 e. The topological polar surface area (TPSA) is 112 Å². The van der Waals surface area contributed by atoms with Gasteiger partial charge in [0, 0.05) is 60.2 Å². The number of nitrogens with zero attached hydrogens (tertiary/aromatic N) is 5. The van der Waals surface area contributed by atoms with E-state index < -0.39 is 10.0 Å². The molecule has 1 amide bonds. The van der Waals surface area contributed by atoms with Crippen LogP contribution in [0.15, 0.2) is 34.5 Å². The summed E-state index contributed by atoms with van der Waals surface area (Å²) < 4.78 is 28.6. The molecule has 4 heterocycles. The van der Waals surface area contributed by atoms with Crippen LogP contribution in [0.5, 0.6) is 0 Å². The van der Waals surface area contributed by atoms with E-state index in [-0.39, 0.29) is 17.9 Å². The van der Waals surface area contributed by atoms with Crippen LogP contribution < -0.4 is 14.9 Å². The van der Waals surface area contributed by atoms with E-state index in [1.165, 1.54) is 0 Å². The molecule has 0 saturated carbocycles. The van der Waals surface area contributed by atoms with Crippen LogP contribution in [0.1, 0.15) is 56.5 Å². The van der Waals surface area contributed by atoms with Crippen LogP contribution in [-0.2, 0) is 14.8 Å². The van der Waals surface area contributed by atoms with Crippen LogP contribution in [0.25, 0.3) is 5.65 Å². The Morgan fingerprint density at radius 3 is 2.68 bits per heavy atom. The Kier molecular flexibility index (Phi) is 7.45. The van der Waals surface area contributed by atoms with Crippen molar-refractivity contribution in [1.82, 2.24) is 29.5 Å². The Labute approximate surface area is 229 Å². The van der Waals surface area contributed by atoms with Crippen LogP contribution in [0.3, 0.4) is 0 Å². The zero-order valence-electron chi connectivity index (χ0n) is 22.4. The minimum Gasteiger partial charge on any atom is -0.355 e. The van der Waals surface area contributed by atoms with Gasteiger partial charge in [-0.3, -0.25) is 9.52 Å². The second kappa shape index (κ2) is 10.5. The third kappa shape index (κ3) is 5.41. The summed E-state index contributed by atoms with van der Waals surface area (Å²) in [7, 11) is -1.57. The molecule has 2 aromatic heterocycles. The number of fused-ring (bicyclic) bond motifs is 1. The van der Waals surface area contributed by atoms with Crippen molar-refractivity contribution < 1.29 is 13.2 Å². The summed E-state index contributed by atoms with van der Waals surface area (Å²) in [6.45, 7) is 6.32. The first-order valence-corrected chi connectivity index (χ1v) is 15.5. The molecular weight excluding hydrogens is 526 g/mol. The molecule has 2 saturated heterocycles. The fraction of sp³-hybridized carbons (Fsp3) is 0.577. The summed E-state index contributed by atoms with van der Waals surface area (Å²) in [6.07, 6.45) is 6.87. The van der Waals surface area contributed by atoms with Crippen LogP contribution in [0.2, 0.25) is 0 Å². The van der Waals surface area contributed by atoms with Gasteiger partial charge in [-0.15, -0.1) is 0 Å². The fourth-order valence-corrected chi connectivity index (χ4v) is 6.83. The van der Waals surface area contributed by atoms with Gasteiger partial charge in [0.05, 0.1) is 23.6 Å². The molecule has 3 aliphatic rings. The van der Waals surface area contributed by atoms with Crippen LogP contribution in [0, 0.1) is 12.8 Å². The Morgan fingerprint density at radius 2 is 1.97 bits per heavy atom. The number of likely N-dealkylation sites (tertiary alicyclic amines) is 1. The number of piperidine rings is 1. The molecule has 206 valence electrons. The lowest BCUT2D eigenvalue weighted by molar-refractivity contribution is -0.130. The molecule has 0 radical (unpaired) electrons. The molecule has 3 atom stereocenters. The smallest absolute Gasteiger partial charge is 0.256 e. The predicted molar refractivity (Wildman–Crippen MR) is 148 cm³/mol. The zero-order chi connectivity index (χ0) is 27.2. The minimum absolute atomic E-state index is 0.224. The van der Waals surface area contributed by atoms with Gasteiger partial charge in [-0.25, -0.2) is 17.9 Å². The first-order chi connectivity index (χ1) is 18.0. The predicted octanol–water partition coefficient (Wildman–Crippen LogP) is 2.86. The van der Waals surface area contributed by atoms with E-state index in [2.05, 4.69) is 21.0 Å². The van der Waals surface area contributed by atoms with Gasteiger partial charge in [0.25, 0.3) is 5.91 Å². The number of hydrogen-bond acceptors (Lipinski definition) is 7. The van der Waals surface area contributed by atoms with E-state index in [1.807, 2.05) is 36.4 Å². The number of carbonyl (C=O) groups is 1. The van der Waals surface area contributed by atoms with Crippen molar-refractivity contribution in [1.29, 1.82) is 0 Å². The van der Waals surface area contributed by atoms with E-state index in [9.17, 15) is 13.2 Å². The van der Waals surface area contributed by atoms with Crippen LogP contribution in [0.4, 0.5) is 5.82 Å². The van der Waals surface area contributed by atoms with Gasteiger partial charge >= 0.3 is 0 Å². The van der Waals surface area contributed by atoms with Gasteiger partial charge in [-0.2, -0.15) is 5.10 Å². The van der Waals surface area contributed by atoms with Gasteiger partial charge in [0.1, 0.15) is 5.82 Å². The van der Waals surface area contributed by atoms with Gasteiger partial charge < -0.3 is 15.1 Å². The number of halogens is 1. The lowest BCUT2D eigenvalue weighted by Crippen LogP contribution is -2.41. The third-order valence-electron chi connectivity index (χ3n) is 7.75. The summed E-state index contributed by atoms with van der Waals surface area (Å²) >= 11 is 6.38. The zero-order valence-corrected chi connectivity index (χ0v) is 23.9. The highest BCUT2D eigenvalue weighted by Gasteiger charge is 2.35. The van der Waals surface area contributed by atoms with Crippen molar-refractivity contribution in [3.8, 4) is 0 Å². The third-order valence-corrected chi connectivity index (χ3v) is 8.60. The molecule has 0 spiro atoms. The average Bonchev–Trinajstić information content (AvgIpc) is 3.52. The SMILES string of the molecule is CN[C@@H]1CCN(c2cc(C)n3nc([C@@H]4CCCCN4C(=O)C4=C(NS(C)(=O)=O)C(C)CC(Cl)=C4)cc3n2)C1. The number of amides is 1. The number of aryl methyl sites for hydroxylation is 1. The van der Waals surface area contributed by atoms with E-state index >= 15 is 0 Å². The van der Waals surface area contributed by atoms with Crippen molar-refractivity contribution in [2.75, 3.05) is 37.8 Å². The average molecular weight is 562 g/mol. The van der Waals surface area contributed by atoms with Crippen molar-refractivity contribution >= 4 is 39.0 Å². The van der Waals surface area contributed by atoms with Crippen LogP contribution in [-0.4, -0.2) is 72.8 Å². The molecule has 12 heteroatoms. The molecule has 10 nitrogen and oxygen atoms in total. The highest BCUT2D eigenvalue weighted by Crippen LogP contribution is 2.36. The first-order valence-electron chi connectivity index (χ1n) is 13.2. The summed E-state index contributed by atoms with van der Waals surface area (Å²) in [5, 5.41) is 8.77. The minimum atomic E-state index is -3.56. The normalized spacial score (nSPS) is 24.8. The molecule has 1 aliphatic carbocycles. The monoisotopic (exact) mass is 561 g/mol. The Bertz CT molecular complexity index is 1420. The van der Waals surface area contributed by atoms with Crippen molar-refractivity contribution in [3.63, 3.8) is 0 Å². The van der Waals surface area contributed by atoms with Gasteiger partial charge in [0.15, 0.2) is 5.65 Å². The maximum absolute atomic E-state index is 14.0. The summed E-state index contributed by atoms with van der Waals surface area (Å²) in [4.78, 5) is 23.0. The Balaban J connectivity index is 1.49. The van der Waals surface area contributed by atoms with Gasteiger partial charge in [0.2, 0.25) is 10.0 Å². The number of allylic oxidation sites excluding steroid dienone is 2. The lowest BCUT2D eigenvalue weighted by Gasteiger charge is -2.36. The number of rotatable bonds is 6. The number of hydrogen-bond donors (Lipinski definition) is 2. The number of sulfonamides is 1. The number of anilines is 1. The Hall–Kier alpha value is -2.63. The quantitative estimate of drug-likeness (QED) is 0.558. The number of aromatic nitrogens is 3. The fourth-order valence-electron chi connectivity index (χ4n) is 5.78. The second-order valence-corrected chi connectivity index (χ2v) is 13.0. The molecule has 1 unspecified atom stereocenters. The number of carbonyl (C=O) groups excluding carboxylic acids is 1. The van der Waals surface area contributed by atoms with E-state index in [4.69, 9.17) is 21.7 Å². The van der Waals surface area contributed by atoms with Crippen molar-refractivity contribution in [2.45, 2.75) is 58.0 Å². The molecule has 0 aromatic carbocycles. The van der Waals surface area contributed by atoms with E-state index in [0.717, 1.165) is 67.9 Å². The molecule has 5 rings (SSSR count). The summed E-state index contributed by atoms with van der Waals surface area (Å²) in [5.41, 5.74) is 3.23. The molecule has 2 fully saturated rings. The molecule has 38 heavy (non-hydrogen) atoms. The Morgan fingerprint density at radius 1 is 1.18 bits per heavy atom. The standard InChI is InChI=1S/C26H36ClN7O3S/c1-16-11-18(27)13-20(25(16)31-38(4,36)37)26(35)33-9-6-5-7-22(33)21-14-24-29-23(12-17(2)34(24)30-21)32-10-8-19(15-32)28-3/h12-14,16,19,22,28,31H,5-11,15H2,1-4H3/t16?,19-,22+/m1/s1. The highest BCUT2D eigenvalue weighted by molar-refractivity contribution is 7.88. The molecule has 2 aliphatic heterocycles. The molecular formula is C26H36ClN7O3S. The summed E-state index contributed by atoms with van der Waals surface area (Å²) in [5.74, 6) is 0.481.